The number of aromatic amines is 1. The molecule has 0 aliphatic rings. The predicted molar refractivity (Wildman–Crippen MR) is 160 cm³/mol. The Morgan fingerprint density at radius 2 is 1.85 bits per heavy atom. The van der Waals surface area contributed by atoms with Crippen LogP contribution in [-0.4, -0.2) is 47.4 Å². The summed E-state index contributed by atoms with van der Waals surface area (Å²) in [6, 6.07) is 19.3. The lowest BCUT2D eigenvalue weighted by Gasteiger charge is -2.23. The molecule has 0 saturated heterocycles. The van der Waals surface area contributed by atoms with E-state index in [-0.39, 0.29) is 12.5 Å². The van der Waals surface area contributed by atoms with E-state index in [9.17, 15) is 13.6 Å². The predicted octanol–water partition coefficient (Wildman–Crippen LogP) is 7.26. The van der Waals surface area contributed by atoms with Crippen LogP contribution in [0.5, 0.6) is 0 Å². The highest BCUT2D eigenvalue weighted by Gasteiger charge is 2.25. The molecule has 3 aromatic carbocycles. The van der Waals surface area contributed by atoms with Crippen molar-refractivity contribution in [3.8, 4) is 34.0 Å². The molecule has 6 aromatic rings. The Kier molecular flexibility index (Phi) is 7.15. The third-order valence-electron chi connectivity index (χ3n) is 6.86. The first-order valence-corrected chi connectivity index (χ1v) is 14.1. The normalized spacial score (nSPS) is 11.3. The Bertz CT molecular complexity index is 1850. The van der Waals surface area contributed by atoms with Gasteiger partial charge in [0.25, 0.3) is 5.91 Å². The van der Waals surface area contributed by atoms with Gasteiger partial charge in [0.15, 0.2) is 0 Å². The summed E-state index contributed by atoms with van der Waals surface area (Å²) >= 11 is 1.36. The molecule has 0 unspecified atom stereocenters. The molecule has 206 valence electrons. The number of aromatic nitrogens is 3. The topological polar surface area (TPSA) is 87.0 Å². The number of furan rings is 1. The second-order valence-corrected chi connectivity index (χ2v) is 10.1. The summed E-state index contributed by atoms with van der Waals surface area (Å²) in [7, 11) is 1.54. The number of fused-ring (bicyclic) bond motifs is 2. The average Bonchev–Trinajstić information content (AvgIpc) is 3.61. The zero-order valence-electron chi connectivity index (χ0n) is 22.2. The van der Waals surface area contributed by atoms with Crippen molar-refractivity contribution in [2.45, 2.75) is 0 Å². The van der Waals surface area contributed by atoms with Crippen LogP contribution < -0.4 is 9.62 Å². The second kappa shape index (κ2) is 11.1. The van der Waals surface area contributed by atoms with Crippen LogP contribution in [0.3, 0.4) is 0 Å². The fourth-order valence-electron chi connectivity index (χ4n) is 4.92. The van der Waals surface area contributed by atoms with Gasteiger partial charge in [-0.15, -0.1) is 0 Å². The van der Waals surface area contributed by atoms with Crippen LogP contribution in [0, 0.1) is 5.82 Å². The first kappa shape index (κ1) is 26.5. The summed E-state index contributed by atoms with van der Waals surface area (Å²) in [6.45, 7) is -0.440. The van der Waals surface area contributed by atoms with Crippen molar-refractivity contribution >= 4 is 45.4 Å². The van der Waals surface area contributed by atoms with Crippen LogP contribution in [0.4, 0.5) is 14.5 Å². The summed E-state index contributed by atoms with van der Waals surface area (Å²) < 4.78 is 35.3. The van der Waals surface area contributed by atoms with E-state index >= 15 is 0 Å². The van der Waals surface area contributed by atoms with E-state index in [0.717, 1.165) is 16.6 Å². The summed E-state index contributed by atoms with van der Waals surface area (Å²) in [5, 5.41) is 4.28. The number of H-pyrrole nitrogens is 1. The Labute approximate surface area is 238 Å². The molecular weight excluding hydrogens is 544 g/mol. The summed E-state index contributed by atoms with van der Waals surface area (Å²) in [5.74, 6) is -0.446. The molecule has 0 atom stereocenters. The molecule has 0 saturated carbocycles. The van der Waals surface area contributed by atoms with Gasteiger partial charge in [0.1, 0.15) is 29.5 Å². The highest BCUT2D eigenvalue weighted by Crippen LogP contribution is 2.42. The quantitative estimate of drug-likeness (QED) is 0.188. The number of carbonyl (C=O) groups excluding carboxylic acids is 1. The van der Waals surface area contributed by atoms with E-state index < -0.39 is 12.5 Å². The minimum Gasteiger partial charge on any atom is -0.455 e. The van der Waals surface area contributed by atoms with Gasteiger partial charge in [-0.1, -0.05) is 30.1 Å². The van der Waals surface area contributed by atoms with Gasteiger partial charge in [0, 0.05) is 46.8 Å². The van der Waals surface area contributed by atoms with Crippen LogP contribution in [-0.2, 0) is 0 Å². The first-order valence-electron chi connectivity index (χ1n) is 12.9. The lowest BCUT2D eigenvalue weighted by Crippen LogP contribution is -2.19. The molecule has 0 aliphatic heterocycles. The lowest BCUT2D eigenvalue weighted by atomic mass is 10.0. The standard InChI is InChI=1S/C31H25F2N5O2S/c1-34-31(39)29-22-14-21(25-16-35-17-26(37-25)24-13-19-5-3-4-6-23(19)36-24)27(38(41-2)12-11-32)15-28(22)40-30(29)18-7-9-20(33)10-8-18/h3-10,13-17,36H,11-12H2,1-2H3,(H,34,39). The van der Waals surface area contributed by atoms with Gasteiger partial charge in [-0.3, -0.25) is 9.78 Å². The number of halogens is 2. The van der Waals surface area contributed by atoms with E-state index in [1.807, 2.05) is 47.0 Å². The van der Waals surface area contributed by atoms with Gasteiger partial charge in [0.2, 0.25) is 0 Å². The van der Waals surface area contributed by atoms with Gasteiger partial charge in [-0.2, -0.15) is 0 Å². The summed E-state index contributed by atoms with van der Waals surface area (Å²) in [4.78, 5) is 25.9. The molecule has 0 spiro atoms. The fraction of sp³-hybridized carbons (Fsp3) is 0.129. The molecule has 3 heterocycles. The van der Waals surface area contributed by atoms with Crippen LogP contribution in [0.2, 0.25) is 0 Å². The van der Waals surface area contributed by atoms with E-state index in [2.05, 4.69) is 15.3 Å². The molecule has 3 aromatic heterocycles. The molecule has 7 nitrogen and oxygen atoms in total. The molecule has 6 rings (SSSR count). The van der Waals surface area contributed by atoms with Crippen LogP contribution >= 0.6 is 11.9 Å². The highest BCUT2D eigenvalue weighted by atomic mass is 32.2. The van der Waals surface area contributed by atoms with Crippen molar-refractivity contribution in [1.29, 1.82) is 0 Å². The third-order valence-corrected chi connectivity index (χ3v) is 7.68. The van der Waals surface area contributed by atoms with Gasteiger partial charge >= 0.3 is 0 Å². The molecule has 0 aliphatic carbocycles. The Hall–Kier alpha value is -4.70. The Morgan fingerprint density at radius 3 is 2.59 bits per heavy atom. The zero-order chi connectivity index (χ0) is 28.5. The lowest BCUT2D eigenvalue weighted by molar-refractivity contribution is 0.0964. The SMILES string of the molecule is CNC(=O)c1c(-c2ccc(F)cc2)oc2cc(N(CCF)SC)c(-c3cncc(-c4cc5ccccc5[nH]4)n3)cc12. The van der Waals surface area contributed by atoms with Crippen LogP contribution in [0.1, 0.15) is 10.4 Å². The van der Waals surface area contributed by atoms with Crippen molar-refractivity contribution in [2.75, 3.05) is 30.8 Å². The maximum absolute atomic E-state index is 13.7. The van der Waals surface area contributed by atoms with E-state index in [0.29, 0.717) is 50.5 Å². The molecule has 0 fully saturated rings. The zero-order valence-corrected chi connectivity index (χ0v) is 23.1. The number of carbonyl (C=O) groups is 1. The minimum atomic E-state index is -0.568. The molecule has 0 radical (unpaired) electrons. The molecule has 0 bridgehead atoms. The van der Waals surface area contributed by atoms with Crippen molar-refractivity contribution in [3.05, 3.63) is 90.5 Å². The maximum Gasteiger partial charge on any atom is 0.255 e. The van der Waals surface area contributed by atoms with Crippen molar-refractivity contribution in [1.82, 2.24) is 20.3 Å². The second-order valence-electron chi connectivity index (χ2n) is 9.29. The number of hydrogen-bond acceptors (Lipinski definition) is 6. The van der Waals surface area contributed by atoms with Gasteiger partial charge in [-0.05, 0) is 42.5 Å². The van der Waals surface area contributed by atoms with Crippen LogP contribution in [0.25, 0.3) is 55.8 Å². The number of nitrogens with zero attached hydrogens (tertiary/aromatic N) is 3. The first-order chi connectivity index (χ1) is 20.0. The third kappa shape index (κ3) is 4.91. The number of amides is 1. The van der Waals surface area contributed by atoms with Crippen LogP contribution in [0.15, 0.2) is 83.5 Å². The number of hydrogen-bond donors (Lipinski definition) is 2. The summed E-state index contributed by atoms with van der Waals surface area (Å²) in [5.41, 5.74) is 5.57. The van der Waals surface area contributed by atoms with E-state index in [1.54, 1.807) is 30.6 Å². The molecule has 41 heavy (non-hydrogen) atoms. The highest BCUT2D eigenvalue weighted by molar-refractivity contribution is 8.00. The fourth-order valence-corrected chi connectivity index (χ4v) is 5.52. The Morgan fingerprint density at radius 1 is 1.07 bits per heavy atom. The van der Waals surface area contributed by atoms with Gasteiger partial charge in [-0.25, -0.2) is 13.8 Å². The number of alkyl halides is 1. The summed E-state index contributed by atoms with van der Waals surface area (Å²) in [6.07, 6.45) is 5.18. The minimum absolute atomic E-state index is 0.128. The number of nitrogens with one attached hydrogen (secondary N) is 2. The van der Waals surface area contributed by atoms with Gasteiger partial charge in [0.05, 0.1) is 41.6 Å². The number of benzene rings is 3. The largest absolute Gasteiger partial charge is 0.455 e. The molecular formula is C31H25F2N5O2S. The smallest absolute Gasteiger partial charge is 0.255 e. The number of anilines is 1. The van der Waals surface area contributed by atoms with Crippen molar-refractivity contribution in [3.63, 3.8) is 0 Å². The van der Waals surface area contributed by atoms with Crippen molar-refractivity contribution in [2.24, 2.45) is 0 Å². The van der Waals surface area contributed by atoms with E-state index in [1.165, 1.54) is 31.1 Å². The van der Waals surface area contributed by atoms with E-state index in [4.69, 9.17) is 9.40 Å². The average molecular weight is 570 g/mol. The molecule has 2 N–H and O–H groups in total. The van der Waals surface area contributed by atoms with Gasteiger partial charge < -0.3 is 19.0 Å². The number of rotatable bonds is 8. The monoisotopic (exact) mass is 569 g/mol. The number of para-hydroxylation sites is 1. The maximum atomic E-state index is 13.7. The Balaban J connectivity index is 1.58. The molecule has 1 amide bonds. The van der Waals surface area contributed by atoms with Crippen molar-refractivity contribution < 1.29 is 18.0 Å². The molecule has 10 heteroatoms.